The molecule has 0 atom stereocenters. The Hall–Kier alpha value is -0.870. The molecule has 1 aliphatic carbocycles. The molecule has 0 bridgehead atoms. The van der Waals surface area contributed by atoms with Crippen LogP contribution in [0.5, 0.6) is 0 Å². The van der Waals surface area contributed by atoms with Gasteiger partial charge >= 0.3 is 0 Å². The van der Waals surface area contributed by atoms with Gasteiger partial charge in [0.15, 0.2) is 0 Å². The summed E-state index contributed by atoms with van der Waals surface area (Å²) >= 11 is 3.45. The number of rotatable bonds is 5. The molecule has 0 aliphatic heterocycles. The fourth-order valence-electron chi connectivity index (χ4n) is 2.33. The van der Waals surface area contributed by atoms with Gasteiger partial charge in [0, 0.05) is 29.2 Å². The minimum Gasteiger partial charge on any atom is -0.396 e. The Labute approximate surface area is 122 Å². The number of benzene rings is 1. The second kappa shape index (κ2) is 6.53. The van der Waals surface area contributed by atoms with Gasteiger partial charge < -0.3 is 10.0 Å². The molecule has 1 aliphatic rings. The Balaban J connectivity index is 2.15. The van der Waals surface area contributed by atoms with Crippen LogP contribution in [0.25, 0.3) is 0 Å². The molecule has 19 heavy (non-hydrogen) atoms. The van der Waals surface area contributed by atoms with Gasteiger partial charge in [-0.15, -0.1) is 0 Å². The van der Waals surface area contributed by atoms with Gasteiger partial charge in [0.05, 0.1) is 0 Å². The zero-order valence-electron chi connectivity index (χ0n) is 11.2. The van der Waals surface area contributed by atoms with Crippen LogP contribution in [-0.4, -0.2) is 35.1 Å². The lowest BCUT2D eigenvalue weighted by molar-refractivity contribution is 0.0562. The van der Waals surface area contributed by atoms with Gasteiger partial charge in [-0.3, -0.25) is 4.79 Å². The van der Waals surface area contributed by atoms with Crippen LogP contribution in [0, 0.1) is 6.92 Å². The van der Waals surface area contributed by atoms with Gasteiger partial charge in [-0.05, 0) is 56.4 Å². The van der Waals surface area contributed by atoms with E-state index < -0.39 is 0 Å². The molecule has 0 unspecified atom stereocenters. The Morgan fingerprint density at radius 2 is 2.21 bits per heavy atom. The highest BCUT2D eigenvalue weighted by molar-refractivity contribution is 9.10. The predicted octanol–water partition coefficient (Wildman–Crippen LogP) is 3.13. The Morgan fingerprint density at radius 1 is 1.47 bits per heavy atom. The summed E-state index contributed by atoms with van der Waals surface area (Å²) in [5.74, 6) is 0.0914. The fraction of sp³-hybridized carbons (Fsp3) is 0.533. The molecule has 1 saturated carbocycles. The molecular weight excluding hydrogens is 306 g/mol. The summed E-state index contributed by atoms with van der Waals surface area (Å²) in [6, 6.07) is 6.08. The van der Waals surface area contributed by atoms with Crippen LogP contribution in [0.2, 0.25) is 0 Å². The molecule has 0 saturated heterocycles. The normalized spacial score (nSPS) is 15.1. The van der Waals surface area contributed by atoms with Crippen molar-refractivity contribution in [2.45, 2.75) is 38.6 Å². The van der Waals surface area contributed by atoms with Crippen molar-refractivity contribution in [1.82, 2.24) is 4.90 Å². The van der Waals surface area contributed by atoms with Crippen LogP contribution in [0.1, 0.15) is 41.6 Å². The minimum absolute atomic E-state index is 0.0914. The third-order valence-corrected chi connectivity index (χ3v) is 4.63. The van der Waals surface area contributed by atoms with Crippen molar-refractivity contribution in [3.8, 4) is 0 Å². The zero-order valence-corrected chi connectivity index (χ0v) is 12.8. The molecule has 1 amide bonds. The van der Waals surface area contributed by atoms with E-state index in [0.717, 1.165) is 28.4 Å². The topological polar surface area (TPSA) is 40.5 Å². The van der Waals surface area contributed by atoms with Crippen molar-refractivity contribution in [2.24, 2.45) is 0 Å². The van der Waals surface area contributed by atoms with E-state index in [4.69, 9.17) is 5.11 Å². The van der Waals surface area contributed by atoms with Gasteiger partial charge in [0.25, 0.3) is 5.91 Å². The van der Waals surface area contributed by atoms with E-state index in [9.17, 15) is 4.79 Å². The summed E-state index contributed by atoms with van der Waals surface area (Å²) in [5, 5.41) is 8.98. The standard InChI is InChI=1S/C15H20BrNO2/c1-11-10-12(6-7-14(11)16)15(19)17(8-3-9-18)13-4-2-5-13/h6-7,10,13,18H,2-5,8-9H2,1H3. The van der Waals surface area contributed by atoms with Crippen LogP contribution in [0.4, 0.5) is 0 Å². The van der Waals surface area contributed by atoms with Gasteiger partial charge in [-0.25, -0.2) is 0 Å². The summed E-state index contributed by atoms with van der Waals surface area (Å²) < 4.78 is 1.02. The average Bonchev–Trinajstić information content (AvgIpc) is 2.34. The van der Waals surface area contributed by atoms with E-state index in [1.165, 1.54) is 6.42 Å². The molecule has 1 N–H and O–H groups in total. The lowest BCUT2D eigenvalue weighted by Crippen LogP contribution is -2.45. The molecule has 1 fully saturated rings. The first-order chi connectivity index (χ1) is 9.13. The van der Waals surface area contributed by atoms with Crippen LogP contribution in [0.15, 0.2) is 22.7 Å². The number of hydrogen-bond donors (Lipinski definition) is 1. The molecule has 0 aromatic heterocycles. The SMILES string of the molecule is Cc1cc(C(=O)N(CCCO)C2CCC2)ccc1Br. The second-order valence-electron chi connectivity index (χ2n) is 5.12. The lowest BCUT2D eigenvalue weighted by atomic mass is 9.90. The fourth-order valence-corrected chi connectivity index (χ4v) is 2.58. The molecule has 0 heterocycles. The Kier molecular flexibility index (Phi) is 4.99. The van der Waals surface area contributed by atoms with Crippen LogP contribution < -0.4 is 0 Å². The number of aliphatic hydroxyl groups excluding tert-OH is 1. The van der Waals surface area contributed by atoms with Gasteiger partial charge in [-0.1, -0.05) is 15.9 Å². The molecule has 3 nitrogen and oxygen atoms in total. The van der Waals surface area contributed by atoms with Crippen molar-refractivity contribution in [3.63, 3.8) is 0 Å². The molecule has 4 heteroatoms. The van der Waals surface area contributed by atoms with Gasteiger partial charge in [0.2, 0.25) is 0 Å². The maximum absolute atomic E-state index is 12.6. The van der Waals surface area contributed by atoms with Crippen molar-refractivity contribution in [3.05, 3.63) is 33.8 Å². The number of halogens is 1. The van der Waals surface area contributed by atoms with Crippen LogP contribution >= 0.6 is 15.9 Å². The summed E-state index contributed by atoms with van der Waals surface area (Å²) in [5.41, 5.74) is 1.81. The zero-order chi connectivity index (χ0) is 13.8. The minimum atomic E-state index is 0.0914. The first-order valence-electron chi connectivity index (χ1n) is 6.81. The highest BCUT2D eigenvalue weighted by atomic mass is 79.9. The van der Waals surface area contributed by atoms with E-state index in [1.54, 1.807) is 0 Å². The van der Waals surface area contributed by atoms with E-state index in [0.29, 0.717) is 19.0 Å². The Bertz CT molecular complexity index is 457. The monoisotopic (exact) mass is 325 g/mol. The molecule has 0 spiro atoms. The van der Waals surface area contributed by atoms with Gasteiger partial charge in [0.1, 0.15) is 0 Å². The molecule has 0 radical (unpaired) electrons. The molecule has 104 valence electrons. The van der Waals surface area contributed by atoms with Crippen molar-refractivity contribution in [1.29, 1.82) is 0 Å². The summed E-state index contributed by atoms with van der Waals surface area (Å²) in [6.45, 7) is 2.77. The van der Waals surface area contributed by atoms with E-state index >= 15 is 0 Å². The second-order valence-corrected chi connectivity index (χ2v) is 5.98. The summed E-state index contributed by atoms with van der Waals surface area (Å²) in [4.78, 5) is 14.5. The van der Waals surface area contributed by atoms with E-state index in [2.05, 4.69) is 15.9 Å². The molecule has 1 aromatic carbocycles. The summed E-state index contributed by atoms with van der Waals surface area (Å²) in [6.07, 6.45) is 4.03. The van der Waals surface area contributed by atoms with Crippen LogP contribution in [0.3, 0.4) is 0 Å². The maximum Gasteiger partial charge on any atom is 0.254 e. The molecule has 1 aromatic rings. The number of aliphatic hydroxyl groups is 1. The molecular formula is C15H20BrNO2. The number of carbonyl (C=O) groups excluding carboxylic acids is 1. The van der Waals surface area contributed by atoms with Crippen molar-refractivity contribution < 1.29 is 9.90 Å². The highest BCUT2D eigenvalue weighted by Gasteiger charge is 2.29. The lowest BCUT2D eigenvalue weighted by Gasteiger charge is -2.37. The number of aryl methyl sites for hydroxylation is 1. The number of carbonyl (C=O) groups is 1. The maximum atomic E-state index is 12.6. The first kappa shape index (κ1) is 14.5. The van der Waals surface area contributed by atoms with E-state index in [-0.39, 0.29) is 12.5 Å². The smallest absolute Gasteiger partial charge is 0.254 e. The quantitative estimate of drug-likeness (QED) is 0.903. The average molecular weight is 326 g/mol. The highest BCUT2D eigenvalue weighted by Crippen LogP contribution is 2.27. The van der Waals surface area contributed by atoms with Gasteiger partial charge in [-0.2, -0.15) is 0 Å². The largest absolute Gasteiger partial charge is 0.396 e. The first-order valence-corrected chi connectivity index (χ1v) is 7.60. The van der Waals surface area contributed by atoms with Crippen molar-refractivity contribution >= 4 is 21.8 Å². The third kappa shape index (κ3) is 3.37. The summed E-state index contributed by atoms with van der Waals surface area (Å²) in [7, 11) is 0. The van der Waals surface area contributed by atoms with E-state index in [1.807, 2.05) is 30.0 Å². The number of amides is 1. The Morgan fingerprint density at radius 3 is 2.74 bits per heavy atom. The van der Waals surface area contributed by atoms with Crippen LogP contribution in [-0.2, 0) is 0 Å². The number of hydrogen-bond acceptors (Lipinski definition) is 2. The third-order valence-electron chi connectivity index (χ3n) is 3.74. The number of nitrogens with zero attached hydrogens (tertiary/aromatic N) is 1. The molecule has 2 rings (SSSR count). The van der Waals surface area contributed by atoms with Crippen molar-refractivity contribution in [2.75, 3.05) is 13.2 Å². The predicted molar refractivity (Wildman–Crippen MR) is 79.3 cm³/mol.